The molecule has 0 unspecified atom stereocenters. The van der Waals surface area contributed by atoms with E-state index in [9.17, 15) is 0 Å². The molecule has 0 bridgehead atoms. The predicted molar refractivity (Wildman–Crippen MR) is 110 cm³/mol. The Kier molecular flexibility index (Phi) is 6.08. The van der Waals surface area contributed by atoms with E-state index < -0.39 is 0 Å². The number of hydrogen-bond acceptors (Lipinski definition) is 2. The second-order valence-electron chi connectivity index (χ2n) is 6.32. The SMILES string of the molecule is Cc1ccc(NCc2ccc(OCc3ccc(Cl)cc3Cl)cc2)cc1C. The molecular formula is C22H21Cl2NO. The largest absolute Gasteiger partial charge is 0.489 e. The van der Waals surface area contributed by atoms with Crippen LogP contribution in [0.2, 0.25) is 10.0 Å². The van der Waals surface area contributed by atoms with E-state index in [0.29, 0.717) is 16.7 Å². The Morgan fingerprint density at radius 2 is 1.62 bits per heavy atom. The van der Waals surface area contributed by atoms with Crippen molar-refractivity contribution in [2.24, 2.45) is 0 Å². The van der Waals surface area contributed by atoms with Crippen molar-refractivity contribution in [2.45, 2.75) is 27.0 Å². The van der Waals surface area contributed by atoms with Gasteiger partial charge in [-0.3, -0.25) is 0 Å². The molecule has 1 N–H and O–H groups in total. The van der Waals surface area contributed by atoms with Gasteiger partial charge >= 0.3 is 0 Å². The summed E-state index contributed by atoms with van der Waals surface area (Å²) in [6, 6.07) is 19.9. The standard InChI is InChI=1S/C22H21Cl2NO/c1-15-3-8-20(11-16(15)2)25-13-17-4-9-21(10-5-17)26-14-18-6-7-19(23)12-22(18)24/h3-12,25H,13-14H2,1-2H3. The molecule has 2 nitrogen and oxygen atoms in total. The van der Waals surface area contributed by atoms with E-state index in [0.717, 1.165) is 23.5 Å². The van der Waals surface area contributed by atoms with Gasteiger partial charge in [-0.25, -0.2) is 0 Å². The fourth-order valence-corrected chi connectivity index (χ4v) is 3.02. The van der Waals surface area contributed by atoms with Crippen molar-refractivity contribution in [1.82, 2.24) is 0 Å². The van der Waals surface area contributed by atoms with Gasteiger partial charge < -0.3 is 10.1 Å². The minimum atomic E-state index is 0.413. The van der Waals surface area contributed by atoms with Crippen LogP contribution in [0, 0.1) is 13.8 Å². The van der Waals surface area contributed by atoms with Crippen molar-refractivity contribution in [2.75, 3.05) is 5.32 Å². The van der Waals surface area contributed by atoms with Gasteiger partial charge in [0.15, 0.2) is 0 Å². The van der Waals surface area contributed by atoms with Gasteiger partial charge in [0.05, 0.1) is 0 Å². The maximum absolute atomic E-state index is 6.17. The Morgan fingerprint density at radius 1 is 0.846 bits per heavy atom. The van der Waals surface area contributed by atoms with Crippen molar-refractivity contribution >= 4 is 28.9 Å². The summed E-state index contributed by atoms with van der Waals surface area (Å²) < 4.78 is 5.81. The summed E-state index contributed by atoms with van der Waals surface area (Å²) >= 11 is 12.1. The molecule has 0 aromatic heterocycles. The first-order valence-corrected chi connectivity index (χ1v) is 9.23. The zero-order valence-electron chi connectivity index (χ0n) is 14.9. The molecular weight excluding hydrogens is 365 g/mol. The summed E-state index contributed by atoms with van der Waals surface area (Å²) in [6.07, 6.45) is 0. The van der Waals surface area contributed by atoms with Gasteiger partial charge in [-0.05, 0) is 66.9 Å². The van der Waals surface area contributed by atoms with E-state index in [1.807, 2.05) is 24.3 Å². The highest BCUT2D eigenvalue weighted by Gasteiger charge is 2.03. The summed E-state index contributed by atoms with van der Waals surface area (Å²) in [5.41, 5.74) is 5.83. The zero-order valence-corrected chi connectivity index (χ0v) is 16.4. The number of benzene rings is 3. The Bertz CT molecular complexity index is 891. The smallest absolute Gasteiger partial charge is 0.119 e. The highest BCUT2D eigenvalue weighted by atomic mass is 35.5. The number of rotatable bonds is 6. The molecule has 26 heavy (non-hydrogen) atoms. The Morgan fingerprint density at radius 3 is 2.31 bits per heavy atom. The molecule has 3 aromatic carbocycles. The predicted octanol–water partition coefficient (Wildman–Crippen LogP) is 6.80. The van der Waals surface area contributed by atoms with E-state index >= 15 is 0 Å². The van der Waals surface area contributed by atoms with Gasteiger partial charge in [0, 0.05) is 27.8 Å². The molecule has 0 amide bonds. The average molecular weight is 386 g/mol. The first-order valence-electron chi connectivity index (χ1n) is 8.48. The summed E-state index contributed by atoms with van der Waals surface area (Å²) in [5.74, 6) is 0.811. The number of ether oxygens (including phenoxy) is 1. The van der Waals surface area contributed by atoms with E-state index in [4.69, 9.17) is 27.9 Å². The van der Waals surface area contributed by atoms with Crippen LogP contribution in [0.3, 0.4) is 0 Å². The molecule has 0 atom stereocenters. The number of hydrogen-bond donors (Lipinski definition) is 1. The summed E-state index contributed by atoms with van der Waals surface area (Å²) in [7, 11) is 0. The molecule has 134 valence electrons. The quantitative estimate of drug-likeness (QED) is 0.503. The molecule has 0 fully saturated rings. The molecule has 0 aliphatic rings. The number of anilines is 1. The van der Waals surface area contributed by atoms with Gasteiger partial charge in [-0.15, -0.1) is 0 Å². The van der Waals surface area contributed by atoms with Gasteiger partial charge in [-0.1, -0.05) is 47.5 Å². The van der Waals surface area contributed by atoms with Crippen LogP contribution in [0.5, 0.6) is 5.75 Å². The Balaban J connectivity index is 1.55. The lowest BCUT2D eigenvalue weighted by molar-refractivity contribution is 0.306. The highest BCUT2D eigenvalue weighted by molar-refractivity contribution is 6.35. The first kappa shape index (κ1) is 18.6. The minimum Gasteiger partial charge on any atom is -0.489 e. The highest BCUT2D eigenvalue weighted by Crippen LogP contribution is 2.23. The number of nitrogens with one attached hydrogen (secondary N) is 1. The van der Waals surface area contributed by atoms with Crippen LogP contribution < -0.4 is 10.1 Å². The van der Waals surface area contributed by atoms with Crippen LogP contribution in [0.1, 0.15) is 22.3 Å². The third kappa shape index (κ3) is 4.94. The van der Waals surface area contributed by atoms with Crippen molar-refractivity contribution in [3.8, 4) is 5.75 Å². The molecule has 4 heteroatoms. The summed E-state index contributed by atoms with van der Waals surface area (Å²) in [5, 5.41) is 4.69. The van der Waals surface area contributed by atoms with Crippen molar-refractivity contribution in [3.05, 3.63) is 93.0 Å². The van der Waals surface area contributed by atoms with Crippen LogP contribution in [0.25, 0.3) is 0 Å². The molecule has 0 saturated carbocycles. The topological polar surface area (TPSA) is 21.3 Å². The lowest BCUT2D eigenvalue weighted by Gasteiger charge is -2.11. The second-order valence-corrected chi connectivity index (χ2v) is 7.16. The van der Waals surface area contributed by atoms with Gasteiger partial charge in [0.25, 0.3) is 0 Å². The molecule has 0 saturated heterocycles. The average Bonchev–Trinajstić information content (AvgIpc) is 2.63. The molecule has 0 aliphatic carbocycles. The maximum atomic E-state index is 6.17. The van der Waals surface area contributed by atoms with Crippen LogP contribution >= 0.6 is 23.2 Å². The van der Waals surface area contributed by atoms with Crippen molar-refractivity contribution < 1.29 is 4.74 Å². The Hall–Kier alpha value is -2.16. The van der Waals surface area contributed by atoms with Crippen LogP contribution in [0.15, 0.2) is 60.7 Å². The fraction of sp³-hybridized carbons (Fsp3) is 0.182. The van der Waals surface area contributed by atoms with Gasteiger partial charge in [0.1, 0.15) is 12.4 Å². The lowest BCUT2D eigenvalue weighted by Crippen LogP contribution is -2.00. The Labute approximate surface area is 164 Å². The van der Waals surface area contributed by atoms with E-state index in [1.165, 1.54) is 16.7 Å². The van der Waals surface area contributed by atoms with Crippen LogP contribution in [-0.2, 0) is 13.2 Å². The van der Waals surface area contributed by atoms with Crippen molar-refractivity contribution in [3.63, 3.8) is 0 Å². The van der Waals surface area contributed by atoms with Gasteiger partial charge in [0.2, 0.25) is 0 Å². The van der Waals surface area contributed by atoms with Gasteiger partial charge in [-0.2, -0.15) is 0 Å². The normalized spacial score (nSPS) is 10.6. The summed E-state index contributed by atoms with van der Waals surface area (Å²) in [6.45, 7) is 5.43. The fourth-order valence-electron chi connectivity index (χ4n) is 2.56. The molecule has 0 aliphatic heterocycles. The first-order chi connectivity index (χ1) is 12.5. The van der Waals surface area contributed by atoms with Crippen LogP contribution in [0.4, 0.5) is 5.69 Å². The second kappa shape index (κ2) is 8.48. The summed E-state index contributed by atoms with van der Waals surface area (Å²) in [4.78, 5) is 0. The monoisotopic (exact) mass is 385 g/mol. The zero-order chi connectivity index (χ0) is 18.5. The third-order valence-electron chi connectivity index (χ3n) is 4.34. The lowest BCUT2D eigenvalue weighted by atomic mass is 10.1. The molecule has 3 rings (SSSR count). The molecule has 3 aromatic rings. The van der Waals surface area contributed by atoms with Crippen LogP contribution in [-0.4, -0.2) is 0 Å². The maximum Gasteiger partial charge on any atom is 0.119 e. The third-order valence-corrected chi connectivity index (χ3v) is 4.92. The molecule has 0 spiro atoms. The van der Waals surface area contributed by atoms with E-state index in [2.05, 4.69) is 49.5 Å². The number of aryl methyl sites for hydroxylation is 2. The molecule has 0 radical (unpaired) electrons. The molecule has 0 heterocycles. The number of halogens is 2. The van der Waals surface area contributed by atoms with E-state index in [-0.39, 0.29) is 0 Å². The minimum absolute atomic E-state index is 0.413. The van der Waals surface area contributed by atoms with E-state index in [1.54, 1.807) is 6.07 Å². The van der Waals surface area contributed by atoms with Crippen molar-refractivity contribution in [1.29, 1.82) is 0 Å².